The number of aromatic nitrogens is 2. The van der Waals surface area contributed by atoms with E-state index in [9.17, 15) is 10.5 Å². The van der Waals surface area contributed by atoms with Crippen LogP contribution < -0.4 is 0 Å². The number of rotatable bonds is 4. The van der Waals surface area contributed by atoms with E-state index in [1.165, 1.54) is 10.8 Å². The van der Waals surface area contributed by atoms with Crippen molar-refractivity contribution in [3.05, 3.63) is 169 Å². The van der Waals surface area contributed by atoms with E-state index in [1.54, 1.807) is 0 Å². The molecule has 7 aromatic carbocycles. The monoisotopic (exact) mass is 610 g/mol. The summed E-state index contributed by atoms with van der Waals surface area (Å²) in [6.45, 7) is 0. The van der Waals surface area contributed by atoms with Crippen LogP contribution in [0.5, 0.6) is 0 Å². The maximum atomic E-state index is 10.4. The number of fused-ring (bicyclic) bond motifs is 6. The van der Waals surface area contributed by atoms with Gasteiger partial charge in [0.05, 0.1) is 45.0 Å². The topological polar surface area (TPSA) is 57.4 Å². The second-order valence-electron chi connectivity index (χ2n) is 12.0. The van der Waals surface area contributed by atoms with E-state index in [0.29, 0.717) is 11.1 Å². The first-order valence-corrected chi connectivity index (χ1v) is 15.9. The van der Waals surface area contributed by atoms with Crippen LogP contribution in [0.2, 0.25) is 0 Å². The SMILES string of the molecule is N#Cc1cc(-c2ccccc2-n2c3ccccc3c3cccc(C#N)c32)ccc1-c1ccc(-n2c3ccccc3c3ccccc32)cc1. The molecular weight excluding hydrogens is 585 g/mol. The molecule has 48 heavy (non-hydrogen) atoms. The third-order valence-corrected chi connectivity index (χ3v) is 9.43. The van der Waals surface area contributed by atoms with E-state index < -0.39 is 0 Å². The highest BCUT2D eigenvalue weighted by atomic mass is 15.0. The van der Waals surface area contributed by atoms with Gasteiger partial charge in [-0.2, -0.15) is 10.5 Å². The summed E-state index contributed by atoms with van der Waals surface area (Å²) in [5.74, 6) is 0. The van der Waals surface area contributed by atoms with Crippen LogP contribution in [-0.2, 0) is 0 Å². The number of nitrogens with zero attached hydrogens (tertiary/aromatic N) is 4. The van der Waals surface area contributed by atoms with Crippen molar-refractivity contribution in [1.82, 2.24) is 9.13 Å². The molecule has 9 aromatic rings. The van der Waals surface area contributed by atoms with Crippen molar-refractivity contribution < 1.29 is 0 Å². The van der Waals surface area contributed by atoms with Crippen molar-refractivity contribution in [3.8, 4) is 45.8 Å². The molecule has 0 fully saturated rings. The zero-order valence-corrected chi connectivity index (χ0v) is 25.8. The zero-order valence-electron chi connectivity index (χ0n) is 25.8. The van der Waals surface area contributed by atoms with Gasteiger partial charge in [-0.15, -0.1) is 0 Å². The number of benzene rings is 7. The Morgan fingerprint density at radius 2 is 0.938 bits per heavy atom. The second-order valence-corrected chi connectivity index (χ2v) is 12.0. The molecule has 0 spiro atoms. The van der Waals surface area contributed by atoms with Crippen molar-refractivity contribution in [2.24, 2.45) is 0 Å². The highest BCUT2D eigenvalue weighted by Crippen LogP contribution is 2.39. The molecular formula is C44H26N4. The average Bonchev–Trinajstić information content (AvgIpc) is 3.68. The van der Waals surface area contributed by atoms with Gasteiger partial charge in [0.15, 0.2) is 0 Å². The molecule has 0 saturated carbocycles. The Morgan fingerprint density at radius 1 is 0.396 bits per heavy atom. The fourth-order valence-corrected chi connectivity index (χ4v) is 7.32. The van der Waals surface area contributed by atoms with Crippen molar-refractivity contribution >= 4 is 43.6 Å². The van der Waals surface area contributed by atoms with Crippen molar-refractivity contribution in [3.63, 3.8) is 0 Å². The third-order valence-electron chi connectivity index (χ3n) is 9.43. The minimum Gasteiger partial charge on any atom is -0.309 e. The number of nitriles is 2. The average molecular weight is 611 g/mol. The van der Waals surface area contributed by atoms with E-state index in [2.05, 4.69) is 130 Å². The molecule has 0 amide bonds. The molecule has 0 aliphatic carbocycles. The van der Waals surface area contributed by atoms with E-state index in [0.717, 1.165) is 66.5 Å². The van der Waals surface area contributed by atoms with Crippen LogP contribution in [0.25, 0.3) is 77.2 Å². The summed E-state index contributed by atoms with van der Waals surface area (Å²) < 4.78 is 4.48. The standard InChI is InChI=1S/C44H26N4/c45-27-31-10-9-15-39-38-14-4-8-19-43(38)48(44(31)39)40-16-5-1-11-35(40)30-22-25-34(32(26-30)28-46)29-20-23-33(24-21-29)47-41-17-6-2-12-36(41)37-13-3-7-18-42(37)47/h1-26H. The van der Waals surface area contributed by atoms with Gasteiger partial charge in [-0.25, -0.2) is 0 Å². The second kappa shape index (κ2) is 10.9. The summed E-state index contributed by atoms with van der Waals surface area (Å²) in [6, 6.07) is 58.8. The summed E-state index contributed by atoms with van der Waals surface area (Å²) in [5, 5.41) is 25.1. The maximum Gasteiger partial charge on any atom is 0.101 e. The molecule has 0 aliphatic heterocycles. The Morgan fingerprint density at radius 3 is 1.60 bits per heavy atom. The molecule has 0 bridgehead atoms. The fraction of sp³-hybridized carbons (Fsp3) is 0. The first-order chi connectivity index (χ1) is 23.7. The zero-order chi connectivity index (χ0) is 32.2. The van der Waals surface area contributed by atoms with Crippen LogP contribution in [0.3, 0.4) is 0 Å². The Bertz CT molecular complexity index is 2750. The van der Waals surface area contributed by atoms with Crippen LogP contribution in [0.4, 0.5) is 0 Å². The first-order valence-electron chi connectivity index (χ1n) is 15.9. The molecule has 0 saturated heterocycles. The van der Waals surface area contributed by atoms with Crippen molar-refractivity contribution in [1.29, 1.82) is 10.5 Å². The molecule has 0 radical (unpaired) electrons. The minimum atomic E-state index is 0.604. The van der Waals surface area contributed by atoms with E-state index in [1.807, 2.05) is 48.5 Å². The lowest BCUT2D eigenvalue weighted by atomic mass is 9.94. The number of hydrogen-bond donors (Lipinski definition) is 0. The van der Waals surface area contributed by atoms with Crippen LogP contribution >= 0.6 is 0 Å². The normalized spacial score (nSPS) is 11.3. The highest BCUT2D eigenvalue weighted by Gasteiger charge is 2.19. The summed E-state index contributed by atoms with van der Waals surface area (Å²) in [6.07, 6.45) is 0. The van der Waals surface area contributed by atoms with Crippen LogP contribution in [0.1, 0.15) is 11.1 Å². The largest absolute Gasteiger partial charge is 0.309 e. The van der Waals surface area contributed by atoms with Crippen LogP contribution in [0.15, 0.2) is 158 Å². The van der Waals surface area contributed by atoms with Gasteiger partial charge >= 0.3 is 0 Å². The third kappa shape index (κ3) is 4.07. The lowest BCUT2D eigenvalue weighted by molar-refractivity contribution is 1.18. The minimum absolute atomic E-state index is 0.604. The smallest absolute Gasteiger partial charge is 0.101 e. The molecule has 9 rings (SSSR count). The molecule has 0 atom stereocenters. The van der Waals surface area contributed by atoms with Gasteiger partial charge in [-0.3, -0.25) is 0 Å². The molecule has 2 heterocycles. The Kier molecular flexibility index (Phi) is 6.22. The summed E-state index contributed by atoms with van der Waals surface area (Å²) in [4.78, 5) is 0. The van der Waals surface area contributed by atoms with Crippen molar-refractivity contribution in [2.75, 3.05) is 0 Å². The molecule has 4 heteroatoms. The van der Waals surface area contributed by atoms with Crippen molar-refractivity contribution in [2.45, 2.75) is 0 Å². The summed E-state index contributed by atoms with van der Waals surface area (Å²) in [7, 11) is 0. The number of para-hydroxylation sites is 5. The molecule has 0 aliphatic rings. The fourth-order valence-electron chi connectivity index (χ4n) is 7.32. The van der Waals surface area contributed by atoms with E-state index in [-0.39, 0.29) is 0 Å². The Labute approximate surface area is 277 Å². The lowest BCUT2D eigenvalue weighted by Gasteiger charge is -2.16. The quantitative estimate of drug-likeness (QED) is 0.199. The van der Waals surface area contributed by atoms with Gasteiger partial charge in [0.2, 0.25) is 0 Å². The van der Waals surface area contributed by atoms with Gasteiger partial charge in [0.1, 0.15) is 6.07 Å². The molecule has 0 N–H and O–H groups in total. The maximum absolute atomic E-state index is 10.4. The highest BCUT2D eigenvalue weighted by molar-refractivity contribution is 6.11. The summed E-state index contributed by atoms with van der Waals surface area (Å²) in [5.41, 5.74) is 11.3. The Hall–Kier alpha value is -6.88. The number of hydrogen-bond acceptors (Lipinski definition) is 2. The van der Waals surface area contributed by atoms with Gasteiger partial charge in [-0.1, -0.05) is 109 Å². The van der Waals surface area contributed by atoms with E-state index in [4.69, 9.17) is 0 Å². The van der Waals surface area contributed by atoms with Gasteiger partial charge in [-0.05, 0) is 65.2 Å². The van der Waals surface area contributed by atoms with E-state index >= 15 is 0 Å². The molecule has 222 valence electrons. The molecule has 0 unspecified atom stereocenters. The predicted octanol–water partition coefficient (Wildman–Crippen LogP) is 11.0. The van der Waals surface area contributed by atoms with Crippen LogP contribution in [0, 0.1) is 22.7 Å². The molecule has 4 nitrogen and oxygen atoms in total. The molecule has 2 aromatic heterocycles. The lowest BCUT2D eigenvalue weighted by Crippen LogP contribution is -1.99. The Balaban J connectivity index is 1.16. The van der Waals surface area contributed by atoms with Gasteiger partial charge in [0, 0.05) is 32.8 Å². The first kappa shape index (κ1) is 27.4. The van der Waals surface area contributed by atoms with Gasteiger partial charge in [0.25, 0.3) is 0 Å². The predicted molar refractivity (Wildman–Crippen MR) is 195 cm³/mol. The summed E-state index contributed by atoms with van der Waals surface area (Å²) >= 11 is 0. The van der Waals surface area contributed by atoms with Gasteiger partial charge < -0.3 is 9.13 Å². The van der Waals surface area contributed by atoms with Crippen LogP contribution in [-0.4, -0.2) is 9.13 Å².